The van der Waals surface area contributed by atoms with Gasteiger partial charge in [-0.15, -0.1) is 0 Å². The van der Waals surface area contributed by atoms with Crippen molar-refractivity contribution >= 4 is 0 Å². The number of hydrogen-bond donors (Lipinski definition) is 2. The lowest BCUT2D eigenvalue weighted by atomic mass is 10.2. The van der Waals surface area contributed by atoms with E-state index in [1.54, 1.807) is 0 Å². The van der Waals surface area contributed by atoms with Gasteiger partial charge < -0.3 is 0 Å². The van der Waals surface area contributed by atoms with Crippen LogP contribution >= 0.6 is 0 Å². The molecule has 1 aromatic carbocycles. The Hall–Kier alpha value is -0.900. The van der Waals surface area contributed by atoms with Crippen molar-refractivity contribution in [2.45, 2.75) is 6.54 Å². The Balaban J connectivity index is 2.59. The standard InChI is InChI=1S/C7H9NO2/c9-8(10)6-7-4-2-1-3-5-7/h1-5,9-10H,6H2. The van der Waals surface area contributed by atoms with Crippen LogP contribution in [0.1, 0.15) is 5.56 Å². The molecule has 0 aliphatic heterocycles. The van der Waals surface area contributed by atoms with Crippen molar-refractivity contribution in [2.24, 2.45) is 0 Å². The van der Waals surface area contributed by atoms with E-state index < -0.39 is 0 Å². The Kier molecular flexibility index (Phi) is 2.39. The van der Waals surface area contributed by atoms with Gasteiger partial charge in [-0.3, -0.25) is 10.4 Å². The molecule has 0 unspecified atom stereocenters. The smallest absolute Gasteiger partial charge is 0.0763 e. The Morgan fingerprint density at radius 3 is 2.20 bits per heavy atom. The maximum absolute atomic E-state index is 8.39. The Labute approximate surface area is 59.1 Å². The lowest BCUT2D eigenvalue weighted by Gasteiger charge is -2.04. The van der Waals surface area contributed by atoms with Crippen LogP contribution in [0.5, 0.6) is 0 Å². The Morgan fingerprint density at radius 2 is 1.70 bits per heavy atom. The van der Waals surface area contributed by atoms with Crippen LogP contribution < -0.4 is 0 Å². The van der Waals surface area contributed by atoms with E-state index in [4.69, 9.17) is 10.4 Å². The van der Waals surface area contributed by atoms with Crippen molar-refractivity contribution in [1.82, 2.24) is 5.23 Å². The molecule has 0 radical (unpaired) electrons. The molecule has 0 heterocycles. The second-order valence-electron chi connectivity index (χ2n) is 2.02. The average Bonchev–Trinajstić information content (AvgIpc) is 1.88. The van der Waals surface area contributed by atoms with Crippen molar-refractivity contribution in [2.75, 3.05) is 0 Å². The first-order valence-electron chi connectivity index (χ1n) is 2.98. The zero-order chi connectivity index (χ0) is 7.40. The second kappa shape index (κ2) is 3.31. The molecule has 1 aromatic rings. The van der Waals surface area contributed by atoms with Gasteiger partial charge in [-0.25, -0.2) is 0 Å². The van der Waals surface area contributed by atoms with Crippen LogP contribution in [0.3, 0.4) is 0 Å². The van der Waals surface area contributed by atoms with E-state index in [0.29, 0.717) is 0 Å². The predicted octanol–water partition coefficient (Wildman–Crippen LogP) is 1.27. The van der Waals surface area contributed by atoms with Gasteiger partial charge in [-0.2, -0.15) is 0 Å². The molecule has 0 saturated heterocycles. The highest BCUT2D eigenvalue weighted by atomic mass is 16.8. The minimum absolute atomic E-state index is 0.140. The van der Waals surface area contributed by atoms with Gasteiger partial charge in [-0.1, -0.05) is 35.6 Å². The molecule has 2 N–H and O–H groups in total. The topological polar surface area (TPSA) is 43.7 Å². The maximum atomic E-state index is 8.39. The summed E-state index contributed by atoms with van der Waals surface area (Å²) in [6.07, 6.45) is 0. The summed E-state index contributed by atoms with van der Waals surface area (Å²) < 4.78 is 0. The number of hydrogen-bond acceptors (Lipinski definition) is 3. The van der Waals surface area contributed by atoms with Gasteiger partial charge in [0.25, 0.3) is 0 Å². The zero-order valence-corrected chi connectivity index (χ0v) is 5.44. The summed E-state index contributed by atoms with van der Waals surface area (Å²) in [5.41, 5.74) is 0.868. The molecule has 3 heteroatoms. The van der Waals surface area contributed by atoms with E-state index in [-0.39, 0.29) is 11.8 Å². The molecule has 0 aromatic heterocycles. The molecule has 0 saturated carbocycles. The highest BCUT2D eigenvalue weighted by Gasteiger charge is 1.94. The third kappa shape index (κ3) is 2.14. The SMILES string of the molecule is ON(O)Cc1ccccc1. The molecule has 0 aliphatic carbocycles. The molecule has 3 nitrogen and oxygen atoms in total. The van der Waals surface area contributed by atoms with E-state index in [0.717, 1.165) is 5.56 Å². The number of benzene rings is 1. The number of nitrogens with zero attached hydrogens (tertiary/aromatic N) is 1. The van der Waals surface area contributed by atoms with Gasteiger partial charge in [0.2, 0.25) is 0 Å². The van der Waals surface area contributed by atoms with Crippen molar-refractivity contribution in [3.8, 4) is 0 Å². The number of rotatable bonds is 2. The molecule has 10 heavy (non-hydrogen) atoms. The monoisotopic (exact) mass is 139 g/mol. The van der Waals surface area contributed by atoms with E-state index in [1.165, 1.54) is 0 Å². The predicted molar refractivity (Wildman–Crippen MR) is 35.6 cm³/mol. The summed E-state index contributed by atoms with van der Waals surface area (Å²) in [6.45, 7) is 0.140. The molecule has 0 bridgehead atoms. The first kappa shape index (κ1) is 7.21. The van der Waals surface area contributed by atoms with E-state index in [1.807, 2.05) is 30.3 Å². The minimum Gasteiger partial charge on any atom is -0.289 e. The molecular weight excluding hydrogens is 130 g/mol. The fourth-order valence-corrected chi connectivity index (χ4v) is 0.747. The Morgan fingerprint density at radius 1 is 1.10 bits per heavy atom. The van der Waals surface area contributed by atoms with E-state index >= 15 is 0 Å². The first-order chi connectivity index (χ1) is 4.79. The van der Waals surface area contributed by atoms with Gasteiger partial charge in [0, 0.05) is 0 Å². The quantitative estimate of drug-likeness (QED) is 0.606. The highest BCUT2D eigenvalue weighted by Crippen LogP contribution is 1.99. The minimum atomic E-state index is 0.140. The summed E-state index contributed by atoms with van der Waals surface area (Å²) in [7, 11) is 0. The van der Waals surface area contributed by atoms with Crippen LogP contribution in [0.4, 0.5) is 0 Å². The lowest BCUT2D eigenvalue weighted by Crippen LogP contribution is -2.12. The second-order valence-corrected chi connectivity index (χ2v) is 2.02. The van der Waals surface area contributed by atoms with Gasteiger partial charge in [0.15, 0.2) is 0 Å². The van der Waals surface area contributed by atoms with Gasteiger partial charge in [0.1, 0.15) is 0 Å². The van der Waals surface area contributed by atoms with Crippen LogP contribution in [0, 0.1) is 0 Å². The lowest BCUT2D eigenvalue weighted by molar-refractivity contribution is -0.314. The summed E-state index contributed by atoms with van der Waals surface area (Å²) in [4.78, 5) is 0. The van der Waals surface area contributed by atoms with Crippen LogP contribution in [0.25, 0.3) is 0 Å². The summed E-state index contributed by atoms with van der Waals surface area (Å²) in [5, 5.41) is 17.0. The van der Waals surface area contributed by atoms with Crippen LogP contribution in [-0.2, 0) is 6.54 Å². The van der Waals surface area contributed by atoms with E-state index in [2.05, 4.69) is 0 Å². The summed E-state index contributed by atoms with van der Waals surface area (Å²) in [5.74, 6) is 0. The van der Waals surface area contributed by atoms with Crippen molar-refractivity contribution in [3.63, 3.8) is 0 Å². The van der Waals surface area contributed by atoms with Crippen LogP contribution in [-0.4, -0.2) is 15.6 Å². The molecule has 0 spiro atoms. The molecule has 0 amide bonds. The van der Waals surface area contributed by atoms with Crippen LogP contribution in [0.15, 0.2) is 30.3 Å². The molecular formula is C7H9NO2. The largest absolute Gasteiger partial charge is 0.289 e. The van der Waals surface area contributed by atoms with Crippen molar-refractivity contribution in [3.05, 3.63) is 35.9 Å². The fourth-order valence-electron chi connectivity index (χ4n) is 0.747. The van der Waals surface area contributed by atoms with Gasteiger partial charge >= 0.3 is 0 Å². The maximum Gasteiger partial charge on any atom is 0.0763 e. The molecule has 0 fully saturated rings. The third-order valence-corrected chi connectivity index (χ3v) is 1.17. The molecule has 0 aliphatic rings. The number of hydroxylamine groups is 2. The first-order valence-corrected chi connectivity index (χ1v) is 2.98. The average molecular weight is 139 g/mol. The molecule has 1 rings (SSSR count). The summed E-state index contributed by atoms with van der Waals surface area (Å²) in [6, 6.07) is 9.21. The molecule has 0 atom stereocenters. The summed E-state index contributed by atoms with van der Waals surface area (Å²) >= 11 is 0. The normalized spacial score (nSPS) is 10.3. The Bertz CT molecular complexity index is 186. The third-order valence-electron chi connectivity index (χ3n) is 1.17. The fraction of sp³-hybridized carbons (Fsp3) is 0.143. The van der Waals surface area contributed by atoms with E-state index in [9.17, 15) is 0 Å². The van der Waals surface area contributed by atoms with Gasteiger partial charge in [-0.05, 0) is 5.56 Å². The van der Waals surface area contributed by atoms with Gasteiger partial charge in [0.05, 0.1) is 6.54 Å². The highest BCUT2D eigenvalue weighted by molar-refractivity contribution is 5.13. The zero-order valence-electron chi connectivity index (χ0n) is 5.44. The van der Waals surface area contributed by atoms with Crippen molar-refractivity contribution in [1.29, 1.82) is 0 Å². The molecule has 54 valence electrons. The van der Waals surface area contributed by atoms with Crippen molar-refractivity contribution < 1.29 is 10.4 Å². The van der Waals surface area contributed by atoms with Crippen LogP contribution in [0.2, 0.25) is 0 Å².